The van der Waals surface area contributed by atoms with E-state index in [-0.39, 0.29) is 35.9 Å². The van der Waals surface area contributed by atoms with Crippen molar-refractivity contribution in [3.05, 3.63) is 69.1 Å². The van der Waals surface area contributed by atoms with E-state index >= 15 is 0 Å². The summed E-state index contributed by atoms with van der Waals surface area (Å²) < 4.78 is 32.9. The molecule has 0 aromatic carbocycles. The molecule has 0 saturated heterocycles. The van der Waals surface area contributed by atoms with Crippen molar-refractivity contribution in [2.24, 2.45) is 0 Å². The Morgan fingerprint density at radius 3 is 2.22 bits per heavy atom. The van der Waals surface area contributed by atoms with Crippen LogP contribution in [0.1, 0.15) is 126 Å². The summed E-state index contributed by atoms with van der Waals surface area (Å²) in [5, 5.41) is 0. The first-order chi connectivity index (χ1) is 26.0. The van der Waals surface area contributed by atoms with Gasteiger partial charge in [-0.2, -0.15) is 0 Å². The van der Waals surface area contributed by atoms with Gasteiger partial charge in [-0.3, -0.25) is 4.79 Å². The molecule has 6 heterocycles. The predicted molar refractivity (Wildman–Crippen MR) is 203 cm³/mol. The van der Waals surface area contributed by atoms with E-state index < -0.39 is 11.9 Å². The minimum atomic E-state index is -0.755. The highest BCUT2D eigenvalue weighted by atomic mass is 16.6. The van der Waals surface area contributed by atoms with Crippen LogP contribution in [0.25, 0.3) is 33.3 Å². The Bertz CT molecular complexity index is 2090. The quantitative estimate of drug-likeness (QED) is 0.111. The second kappa shape index (κ2) is 16.8. The Labute approximate surface area is 315 Å². The smallest absolute Gasteiger partial charge is 0.349 e. The normalized spacial score (nSPS) is 17.9. The van der Waals surface area contributed by atoms with Crippen LogP contribution in [0.3, 0.4) is 0 Å². The fraction of sp³-hybridized carbons (Fsp3) is 0.488. The summed E-state index contributed by atoms with van der Waals surface area (Å²) in [6.07, 6.45) is 0.946. The molecule has 13 heteroatoms. The molecule has 13 nitrogen and oxygen atoms in total. The summed E-state index contributed by atoms with van der Waals surface area (Å²) in [4.78, 5) is 56.5. The topological polar surface area (TPSA) is 164 Å². The summed E-state index contributed by atoms with van der Waals surface area (Å²) >= 11 is 0. The Hall–Kier alpha value is -4.69. The van der Waals surface area contributed by atoms with E-state index in [1.54, 1.807) is 7.11 Å². The molecule has 1 unspecified atom stereocenters. The lowest BCUT2D eigenvalue weighted by molar-refractivity contribution is -0.140. The van der Waals surface area contributed by atoms with Crippen LogP contribution < -0.4 is 0 Å². The summed E-state index contributed by atoms with van der Waals surface area (Å²) in [7, 11) is 3.00. The number of nitrogens with zero attached hydrogens (tertiary/aromatic N) is 2. The average molecular weight is 743 g/mol. The third-order valence-corrected chi connectivity index (χ3v) is 10.7. The molecular formula is C41H50N4O9. The lowest BCUT2D eigenvalue weighted by Gasteiger charge is -2.19. The molecule has 4 aliphatic rings. The van der Waals surface area contributed by atoms with Gasteiger partial charge in [0.1, 0.15) is 5.56 Å². The van der Waals surface area contributed by atoms with Gasteiger partial charge in [-0.25, -0.2) is 19.6 Å². The number of esters is 3. The maximum atomic E-state index is 13.7. The second-order valence-electron chi connectivity index (χ2n) is 13.9. The number of hydrogen-bond acceptors (Lipinski definition) is 11. The second-order valence-corrected chi connectivity index (χ2v) is 13.9. The van der Waals surface area contributed by atoms with Crippen molar-refractivity contribution in [2.45, 2.75) is 78.7 Å². The standard InChI is InChI=1S/C41H50N4O9/c1-9-26-21(2)28-20-33-35(25(6)53-17-16-52-15-14-51-13-12-49-7)23(4)30(43-33)18-29-22(3)27(10-11-34(46)50-8)38(44-29)37-39-36(40(47)54-41(37)48)24(5)31(45-39)19-32(26)42-28/h18-20,22,25,27,44-45H,9-17H2,1-8H3/t22-,25?,27-/m0/s1. The maximum Gasteiger partial charge on any atom is 0.349 e. The van der Waals surface area contributed by atoms with Crippen LogP contribution in [-0.2, 0) is 33.2 Å². The van der Waals surface area contributed by atoms with Gasteiger partial charge in [-0.05, 0) is 81.0 Å². The number of carbonyl (C=O) groups excluding carboxylic acids is 3. The molecule has 6 rings (SSSR count). The van der Waals surface area contributed by atoms with E-state index in [1.165, 1.54) is 7.11 Å². The van der Waals surface area contributed by atoms with Crippen LogP contribution >= 0.6 is 0 Å². The van der Waals surface area contributed by atoms with Gasteiger partial charge in [0.2, 0.25) is 0 Å². The molecule has 2 N–H and O–H groups in total. The van der Waals surface area contributed by atoms with Gasteiger partial charge >= 0.3 is 17.9 Å². The molecule has 0 radical (unpaired) electrons. The first-order valence-electron chi connectivity index (χ1n) is 18.6. The van der Waals surface area contributed by atoms with Crippen LogP contribution in [-0.4, -0.2) is 97.8 Å². The number of cyclic esters (lactones) is 2. The lowest BCUT2D eigenvalue weighted by atomic mass is 9.85. The Balaban J connectivity index is 1.51. The third kappa shape index (κ3) is 7.63. The monoisotopic (exact) mass is 742 g/mol. The molecule has 2 aromatic heterocycles. The Morgan fingerprint density at radius 2 is 1.52 bits per heavy atom. The SMILES string of the molecule is CCC1=C(C)c2cc3nc(cc4[nH]c(c5c6[nH]c(cc1n2)c(C)c6C(=O)OC5=O)[C@@H](CCC(=O)OC)[C@@H]4C)C(C)=C3C(C)OCCOCCOCCOC. The molecule has 0 aliphatic carbocycles. The maximum absolute atomic E-state index is 13.7. The number of ether oxygens (including phenoxy) is 6. The number of aryl methyl sites for hydroxylation is 1. The van der Waals surface area contributed by atoms with Gasteiger partial charge in [0.15, 0.2) is 0 Å². The number of nitrogens with one attached hydrogen (secondary N) is 2. The third-order valence-electron chi connectivity index (χ3n) is 10.7. The molecule has 4 aliphatic heterocycles. The van der Waals surface area contributed by atoms with Crippen molar-refractivity contribution in [1.82, 2.24) is 19.9 Å². The van der Waals surface area contributed by atoms with Crippen LogP contribution in [0.5, 0.6) is 0 Å². The molecule has 3 atom stereocenters. The number of hydrogen-bond donors (Lipinski definition) is 2. The zero-order valence-corrected chi connectivity index (χ0v) is 32.4. The molecule has 0 saturated carbocycles. The van der Waals surface area contributed by atoms with Gasteiger partial charge < -0.3 is 38.4 Å². The molecule has 0 spiro atoms. The minimum absolute atomic E-state index is 0.140. The number of aromatic nitrogens is 4. The first-order valence-corrected chi connectivity index (χ1v) is 18.6. The van der Waals surface area contributed by atoms with Gasteiger partial charge in [0.25, 0.3) is 0 Å². The summed E-state index contributed by atoms with van der Waals surface area (Å²) in [6, 6.07) is 5.95. The van der Waals surface area contributed by atoms with Crippen molar-refractivity contribution >= 4 is 51.2 Å². The van der Waals surface area contributed by atoms with Crippen molar-refractivity contribution in [1.29, 1.82) is 0 Å². The van der Waals surface area contributed by atoms with Gasteiger partial charge in [-0.15, -0.1) is 0 Å². The molecule has 2 aromatic rings. The van der Waals surface area contributed by atoms with Gasteiger partial charge in [0.05, 0.1) is 86.7 Å². The highest BCUT2D eigenvalue weighted by molar-refractivity contribution is 6.18. The summed E-state index contributed by atoms with van der Waals surface area (Å²) in [5.41, 5.74) is 10.6. The van der Waals surface area contributed by atoms with Crippen LogP contribution in [0.4, 0.5) is 0 Å². The molecule has 0 fully saturated rings. The molecule has 8 bridgehead atoms. The Morgan fingerprint density at radius 1 is 0.852 bits per heavy atom. The van der Waals surface area contributed by atoms with Crippen molar-refractivity contribution in [3.63, 3.8) is 0 Å². The molecule has 54 heavy (non-hydrogen) atoms. The van der Waals surface area contributed by atoms with E-state index in [0.717, 1.165) is 57.2 Å². The number of aromatic amines is 2. The number of rotatable bonds is 15. The fourth-order valence-corrected chi connectivity index (χ4v) is 7.69. The van der Waals surface area contributed by atoms with Crippen LogP contribution in [0, 0.1) is 6.92 Å². The highest BCUT2D eigenvalue weighted by Gasteiger charge is 2.38. The zero-order chi connectivity index (χ0) is 38.7. The molecule has 288 valence electrons. The average Bonchev–Trinajstić information content (AvgIpc) is 3.83. The largest absolute Gasteiger partial charge is 0.469 e. The van der Waals surface area contributed by atoms with E-state index in [1.807, 2.05) is 45.9 Å². The number of allylic oxidation sites excluding steroid dienone is 3. The minimum Gasteiger partial charge on any atom is -0.469 e. The first kappa shape index (κ1) is 39.0. The van der Waals surface area contributed by atoms with Crippen LogP contribution in [0.15, 0.2) is 18.2 Å². The number of methoxy groups -OCH3 is 2. The highest BCUT2D eigenvalue weighted by Crippen LogP contribution is 2.44. The van der Waals surface area contributed by atoms with Crippen molar-refractivity contribution < 1.29 is 42.8 Å². The van der Waals surface area contributed by atoms with E-state index in [9.17, 15) is 14.4 Å². The zero-order valence-electron chi connectivity index (χ0n) is 32.4. The van der Waals surface area contributed by atoms with Crippen LogP contribution in [0.2, 0.25) is 0 Å². The van der Waals surface area contributed by atoms with E-state index in [0.29, 0.717) is 73.9 Å². The summed E-state index contributed by atoms with van der Waals surface area (Å²) in [5.74, 6) is -2.27. The van der Waals surface area contributed by atoms with Crippen molar-refractivity contribution in [3.8, 4) is 0 Å². The number of fused-ring (bicyclic) bond motifs is 8. The van der Waals surface area contributed by atoms with E-state index in [2.05, 4.69) is 23.8 Å². The predicted octanol–water partition coefficient (Wildman–Crippen LogP) is 6.85. The fourth-order valence-electron chi connectivity index (χ4n) is 7.69. The molecular weight excluding hydrogens is 692 g/mol. The lowest BCUT2D eigenvalue weighted by Crippen LogP contribution is -2.21. The van der Waals surface area contributed by atoms with Crippen molar-refractivity contribution in [2.75, 3.05) is 53.9 Å². The Kier molecular flexibility index (Phi) is 12.1. The number of H-pyrrole nitrogens is 2. The van der Waals surface area contributed by atoms with Gasteiger partial charge in [0, 0.05) is 47.8 Å². The summed E-state index contributed by atoms with van der Waals surface area (Å²) in [6.45, 7) is 14.9. The molecule has 0 amide bonds. The van der Waals surface area contributed by atoms with E-state index in [4.69, 9.17) is 38.4 Å². The number of carbonyl (C=O) groups is 3. The van der Waals surface area contributed by atoms with Gasteiger partial charge in [-0.1, -0.05) is 13.8 Å².